The number of amidine groups is 1. The van der Waals surface area contributed by atoms with Gasteiger partial charge in [0.25, 0.3) is 5.91 Å². The van der Waals surface area contributed by atoms with Crippen molar-refractivity contribution >= 4 is 57.8 Å². The van der Waals surface area contributed by atoms with Gasteiger partial charge in [0, 0.05) is 10.0 Å². The first-order chi connectivity index (χ1) is 12.5. The molecule has 1 N–H and O–H groups in total. The lowest BCUT2D eigenvalue weighted by molar-refractivity contribution is -0.115. The summed E-state index contributed by atoms with van der Waals surface area (Å²) in [6.45, 7) is 4.06. The zero-order valence-corrected chi connectivity index (χ0v) is 15.9. The molecule has 1 aliphatic heterocycles. The van der Waals surface area contributed by atoms with E-state index in [1.165, 1.54) is 11.8 Å². The van der Waals surface area contributed by atoms with Gasteiger partial charge in [-0.05, 0) is 53.7 Å². The zero-order chi connectivity index (χ0) is 18.5. The van der Waals surface area contributed by atoms with Crippen molar-refractivity contribution in [3.05, 3.63) is 75.6 Å². The van der Waals surface area contributed by atoms with E-state index in [4.69, 9.17) is 27.9 Å². The Morgan fingerprint density at radius 3 is 2.50 bits per heavy atom. The molecule has 0 aromatic heterocycles. The molecule has 0 saturated carbocycles. The Morgan fingerprint density at radius 2 is 1.85 bits per heavy atom. The molecule has 0 unspecified atom stereocenters. The number of aliphatic imine (C=N–C) groups is 1. The SMILES string of the molecule is C=CCOc1ccc(/C=C2\SC(=Nc3cc(Cl)cc(Cl)c3)NC2=O)cc1. The molecule has 4 nitrogen and oxygen atoms in total. The molecule has 26 heavy (non-hydrogen) atoms. The average molecular weight is 405 g/mol. The van der Waals surface area contributed by atoms with Gasteiger partial charge in [0.1, 0.15) is 12.4 Å². The quantitative estimate of drug-likeness (QED) is 0.532. The van der Waals surface area contributed by atoms with Gasteiger partial charge in [0.05, 0.1) is 10.6 Å². The highest BCUT2D eigenvalue weighted by molar-refractivity contribution is 8.18. The first-order valence-electron chi connectivity index (χ1n) is 7.63. The summed E-state index contributed by atoms with van der Waals surface area (Å²) in [5, 5.41) is 4.19. The fraction of sp³-hybridized carbons (Fsp3) is 0.0526. The Balaban J connectivity index is 1.75. The standard InChI is InChI=1S/C19H14Cl2N2O2S/c1-2-7-25-16-5-3-12(4-6-16)8-17-18(24)23-19(26-17)22-15-10-13(20)9-14(21)11-15/h2-6,8-11H,1,7H2,(H,22,23,24)/b17-8-. The van der Waals surface area contributed by atoms with Crippen LogP contribution in [-0.2, 0) is 4.79 Å². The number of hydrogen-bond donors (Lipinski definition) is 1. The Bertz CT molecular complexity index is 888. The van der Waals surface area contributed by atoms with Crippen LogP contribution < -0.4 is 10.1 Å². The molecule has 0 aliphatic carbocycles. The van der Waals surface area contributed by atoms with E-state index in [2.05, 4.69) is 16.9 Å². The van der Waals surface area contributed by atoms with Gasteiger partial charge in [-0.25, -0.2) is 4.99 Å². The van der Waals surface area contributed by atoms with E-state index in [1.54, 1.807) is 30.4 Å². The molecule has 2 aromatic carbocycles. The van der Waals surface area contributed by atoms with Crippen LogP contribution in [0.1, 0.15) is 5.56 Å². The molecule has 132 valence electrons. The Labute approximate surface area is 165 Å². The molecule has 1 amide bonds. The maximum Gasteiger partial charge on any atom is 0.264 e. The number of carbonyl (C=O) groups is 1. The lowest BCUT2D eigenvalue weighted by atomic mass is 10.2. The maximum atomic E-state index is 12.2. The first kappa shape index (κ1) is 18.6. The lowest BCUT2D eigenvalue weighted by Gasteiger charge is -2.03. The molecule has 0 spiro atoms. The minimum Gasteiger partial charge on any atom is -0.490 e. The van der Waals surface area contributed by atoms with E-state index in [-0.39, 0.29) is 5.91 Å². The van der Waals surface area contributed by atoms with E-state index in [0.29, 0.717) is 32.4 Å². The largest absolute Gasteiger partial charge is 0.490 e. The number of carbonyl (C=O) groups excluding carboxylic acids is 1. The Kier molecular flexibility index (Phi) is 6.04. The van der Waals surface area contributed by atoms with Crippen LogP contribution in [0.4, 0.5) is 5.69 Å². The number of nitrogens with zero attached hydrogens (tertiary/aromatic N) is 1. The van der Waals surface area contributed by atoms with Crippen molar-refractivity contribution in [1.29, 1.82) is 0 Å². The second-order valence-corrected chi connectivity index (χ2v) is 7.18. The first-order valence-corrected chi connectivity index (χ1v) is 9.20. The van der Waals surface area contributed by atoms with Gasteiger partial charge in [0.2, 0.25) is 0 Å². The second-order valence-electron chi connectivity index (χ2n) is 5.28. The van der Waals surface area contributed by atoms with Crippen molar-refractivity contribution in [2.24, 2.45) is 4.99 Å². The molecular weight excluding hydrogens is 391 g/mol. The number of ether oxygens (including phenoxy) is 1. The van der Waals surface area contributed by atoms with E-state index < -0.39 is 0 Å². The zero-order valence-electron chi connectivity index (χ0n) is 13.5. The van der Waals surface area contributed by atoms with Crippen LogP contribution in [0.5, 0.6) is 5.75 Å². The van der Waals surface area contributed by atoms with E-state index >= 15 is 0 Å². The molecule has 1 aliphatic rings. The van der Waals surface area contributed by atoms with Crippen LogP contribution in [0.2, 0.25) is 10.0 Å². The van der Waals surface area contributed by atoms with Crippen LogP contribution in [0, 0.1) is 0 Å². The molecule has 3 rings (SSSR count). The van der Waals surface area contributed by atoms with Crippen molar-refractivity contribution in [2.75, 3.05) is 6.61 Å². The van der Waals surface area contributed by atoms with Crippen molar-refractivity contribution in [2.45, 2.75) is 0 Å². The lowest BCUT2D eigenvalue weighted by Crippen LogP contribution is -2.19. The fourth-order valence-corrected chi connectivity index (χ4v) is 3.52. The average Bonchev–Trinajstić information content (AvgIpc) is 2.92. The van der Waals surface area contributed by atoms with Gasteiger partial charge in [-0.3, -0.25) is 4.79 Å². The van der Waals surface area contributed by atoms with Gasteiger partial charge in [0.15, 0.2) is 5.17 Å². The number of benzene rings is 2. The summed E-state index contributed by atoms with van der Waals surface area (Å²) in [6, 6.07) is 12.4. The smallest absolute Gasteiger partial charge is 0.264 e. The molecule has 1 heterocycles. The number of thioether (sulfide) groups is 1. The molecular formula is C19H14Cl2N2O2S. The van der Waals surface area contributed by atoms with Crippen LogP contribution >= 0.6 is 35.0 Å². The van der Waals surface area contributed by atoms with Crippen LogP contribution in [0.3, 0.4) is 0 Å². The molecule has 2 aromatic rings. The molecule has 0 bridgehead atoms. The fourth-order valence-electron chi connectivity index (χ4n) is 2.17. The van der Waals surface area contributed by atoms with Crippen LogP contribution in [0.15, 0.2) is 65.0 Å². The minimum absolute atomic E-state index is 0.200. The van der Waals surface area contributed by atoms with E-state index in [0.717, 1.165) is 11.3 Å². The second kappa shape index (κ2) is 8.45. The van der Waals surface area contributed by atoms with Crippen molar-refractivity contribution in [3.63, 3.8) is 0 Å². The van der Waals surface area contributed by atoms with E-state index in [9.17, 15) is 4.79 Å². The molecule has 1 fully saturated rings. The summed E-state index contributed by atoms with van der Waals surface area (Å²) in [7, 11) is 0. The molecule has 0 radical (unpaired) electrons. The third kappa shape index (κ3) is 4.91. The molecule has 7 heteroatoms. The third-order valence-corrected chi connectivity index (χ3v) is 4.62. The highest BCUT2D eigenvalue weighted by atomic mass is 35.5. The molecule has 1 saturated heterocycles. The predicted octanol–water partition coefficient (Wildman–Crippen LogP) is 5.45. The van der Waals surface area contributed by atoms with Gasteiger partial charge in [-0.1, -0.05) is 48.0 Å². The summed E-state index contributed by atoms with van der Waals surface area (Å²) in [4.78, 5) is 17.1. The topological polar surface area (TPSA) is 50.7 Å². The summed E-state index contributed by atoms with van der Waals surface area (Å²) in [6.07, 6.45) is 3.48. The number of amides is 1. The Morgan fingerprint density at radius 1 is 1.15 bits per heavy atom. The normalized spacial score (nSPS) is 16.8. The van der Waals surface area contributed by atoms with Gasteiger partial charge in [-0.15, -0.1) is 0 Å². The predicted molar refractivity (Wildman–Crippen MR) is 109 cm³/mol. The van der Waals surface area contributed by atoms with Crippen LogP contribution in [-0.4, -0.2) is 17.7 Å². The third-order valence-electron chi connectivity index (χ3n) is 3.27. The van der Waals surface area contributed by atoms with Crippen molar-refractivity contribution in [1.82, 2.24) is 5.32 Å². The van der Waals surface area contributed by atoms with Gasteiger partial charge in [-0.2, -0.15) is 0 Å². The number of rotatable bonds is 5. The highest BCUT2D eigenvalue weighted by Gasteiger charge is 2.23. The summed E-state index contributed by atoms with van der Waals surface area (Å²) in [5.41, 5.74) is 1.47. The minimum atomic E-state index is -0.200. The number of nitrogens with one attached hydrogen (secondary N) is 1. The summed E-state index contributed by atoms with van der Waals surface area (Å²) < 4.78 is 5.44. The summed E-state index contributed by atoms with van der Waals surface area (Å²) >= 11 is 13.2. The maximum absolute atomic E-state index is 12.2. The van der Waals surface area contributed by atoms with E-state index in [1.807, 2.05) is 24.3 Å². The Hall–Kier alpha value is -2.21. The monoisotopic (exact) mass is 404 g/mol. The number of halogens is 2. The van der Waals surface area contributed by atoms with Crippen LogP contribution in [0.25, 0.3) is 6.08 Å². The van der Waals surface area contributed by atoms with Gasteiger partial charge < -0.3 is 10.1 Å². The highest BCUT2D eigenvalue weighted by Crippen LogP contribution is 2.30. The van der Waals surface area contributed by atoms with Crippen molar-refractivity contribution < 1.29 is 9.53 Å². The van der Waals surface area contributed by atoms with Crippen molar-refractivity contribution in [3.8, 4) is 5.75 Å². The molecule has 0 atom stereocenters. The summed E-state index contributed by atoms with van der Waals surface area (Å²) in [5.74, 6) is 0.546. The number of hydrogen-bond acceptors (Lipinski definition) is 4. The van der Waals surface area contributed by atoms with Gasteiger partial charge >= 0.3 is 0 Å².